The Labute approximate surface area is 93.8 Å². The standard InChI is InChI=1S/C11H14ClNO2/c12-9-6-8(10(13)1-3-14)5-7-2-4-15-11(7)9/h5-6,10,14H,1-4,13H2. The predicted octanol–water partition coefficient (Wildman–Crippen LogP) is 1.66. The van der Waals surface area contributed by atoms with Crippen LogP contribution in [0.2, 0.25) is 5.02 Å². The van der Waals surface area contributed by atoms with Crippen molar-refractivity contribution in [1.82, 2.24) is 0 Å². The number of fused-ring (bicyclic) bond motifs is 1. The lowest BCUT2D eigenvalue weighted by atomic mass is 10.0. The van der Waals surface area contributed by atoms with Crippen LogP contribution in [0.5, 0.6) is 5.75 Å². The fraction of sp³-hybridized carbons (Fsp3) is 0.455. The van der Waals surface area contributed by atoms with Gasteiger partial charge in [0.15, 0.2) is 0 Å². The number of aliphatic hydroxyl groups excluding tert-OH is 1. The van der Waals surface area contributed by atoms with Gasteiger partial charge < -0.3 is 15.6 Å². The Bertz CT molecular complexity index is 368. The van der Waals surface area contributed by atoms with Crippen molar-refractivity contribution in [3.8, 4) is 5.75 Å². The summed E-state index contributed by atoms with van der Waals surface area (Å²) in [6.45, 7) is 0.778. The molecule has 0 fully saturated rings. The van der Waals surface area contributed by atoms with Gasteiger partial charge in [0, 0.05) is 19.1 Å². The molecule has 4 heteroatoms. The van der Waals surface area contributed by atoms with Gasteiger partial charge in [-0.3, -0.25) is 0 Å². The van der Waals surface area contributed by atoms with Crippen LogP contribution < -0.4 is 10.5 Å². The zero-order valence-corrected chi connectivity index (χ0v) is 9.13. The SMILES string of the molecule is NC(CCO)c1cc(Cl)c2c(c1)CCO2. The minimum atomic E-state index is -0.154. The molecule has 1 heterocycles. The normalized spacial score (nSPS) is 15.9. The molecule has 0 saturated heterocycles. The van der Waals surface area contributed by atoms with E-state index in [4.69, 9.17) is 27.2 Å². The summed E-state index contributed by atoms with van der Waals surface area (Å²) in [5.41, 5.74) is 8.00. The summed E-state index contributed by atoms with van der Waals surface area (Å²) < 4.78 is 5.40. The highest BCUT2D eigenvalue weighted by Gasteiger charge is 2.18. The summed E-state index contributed by atoms with van der Waals surface area (Å²) in [6.07, 6.45) is 1.44. The minimum Gasteiger partial charge on any atom is -0.491 e. The van der Waals surface area contributed by atoms with E-state index in [1.165, 1.54) is 0 Å². The second-order valence-corrected chi connectivity index (χ2v) is 4.12. The highest BCUT2D eigenvalue weighted by molar-refractivity contribution is 6.32. The number of hydrogen-bond acceptors (Lipinski definition) is 3. The van der Waals surface area contributed by atoms with Crippen LogP contribution in [0.4, 0.5) is 0 Å². The Hall–Kier alpha value is -0.770. The highest BCUT2D eigenvalue weighted by Crippen LogP contribution is 2.36. The van der Waals surface area contributed by atoms with E-state index < -0.39 is 0 Å². The molecule has 1 aromatic carbocycles. The van der Waals surface area contributed by atoms with E-state index >= 15 is 0 Å². The van der Waals surface area contributed by atoms with Gasteiger partial charge in [-0.25, -0.2) is 0 Å². The first-order chi connectivity index (χ1) is 7.22. The van der Waals surface area contributed by atoms with Crippen molar-refractivity contribution >= 4 is 11.6 Å². The van der Waals surface area contributed by atoms with Crippen molar-refractivity contribution in [3.63, 3.8) is 0 Å². The molecule has 1 unspecified atom stereocenters. The fourth-order valence-electron chi connectivity index (χ4n) is 1.80. The van der Waals surface area contributed by atoms with Crippen LogP contribution in [0.3, 0.4) is 0 Å². The van der Waals surface area contributed by atoms with Crippen LogP contribution in [-0.4, -0.2) is 18.3 Å². The summed E-state index contributed by atoms with van der Waals surface area (Å²) in [7, 11) is 0. The van der Waals surface area contributed by atoms with Crippen LogP contribution in [0.25, 0.3) is 0 Å². The first-order valence-electron chi connectivity index (χ1n) is 5.04. The lowest BCUT2D eigenvalue weighted by molar-refractivity contribution is 0.276. The van der Waals surface area contributed by atoms with Crippen LogP contribution in [0.15, 0.2) is 12.1 Å². The predicted molar refractivity (Wildman–Crippen MR) is 59.3 cm³/mol. The van der Waals surface area contributed by atoms with Crippen molar-refractivity contribution in [1.29, 1.82) is 0 Å². The first-order valence-corrected chi connectivity index (χ1v) is 5.41. The fourth-order valence-corrected chi connectivity index (χ4v) is 2.11. The molecule has 1 aliphatic heterocycles. The van der Waals surface area contributed by atoms with Crippen molar-refractivity contribution in [2.75, 3.05) is 13.2 Å². The van der Waals surface area contributed by atoms with Gasteiger partial charge in [-0.2, -0.15) is 0 Å². The van der Waals surface area contributed by atoms with E-state index in [1.54, 1.807) is 0 Å². The summed E-state index contributed by atoms with van der Waals surface area (Å²) >= 11 is 6.08. The topological polar surface area (TPSA) is 55.5 Å². The van der Waals surface area contributed by atoms with Crippen LogP contribution >= 0.6 is 11.6 Å². The minimum absolute atomic E-state index is 0.0897. The maximum atomic E-state index is 8.82. The molecular weight excluding hydrogens is 214 g/mol. The lowest BCUT2D eigenvalue weighted by Gasteiger charge is -2.12. The molecule has 0 aliphatic carbocycles. The quantitative estimate of drug-likeness (QED) is 0.826. The van der Waals surface area contributed by atoms with E-state index in [-0.39, 0.29) is 12.6 Å². The van der Waals surface area contributed by atoms with Crippen molar-refractivity contribution in [3.05, 3.63) is 28.3 Å². The molecule has 0 radical (unpaired) electrons. The molecule has 1 atom stereocenters. The van der Waals surface area contributed by atoms with E-state index in [0.29, 0.717) is 18.1 Å². The third-order valence-electron chi connectivity index (χ3n) is 2.63. The molecule has 0 amide bonds. The zero-order valence-electron chi connectivity index (χ0n) is 8.37. The third kappa shape index (κ3) is 2.09. The van der Waals surface area contributed by atoms with Crippen molar-refractivity contribution < 1.29 is 9.84 Å². The molecule has 0 spiro atoms. The van der Waals surface area contributed by atoms with Crippen LogP contribution in [-0.2, 0) is 6.42 Å². The average Bonchev–Trinajstić information content (AvgIpc) is 2.66. The maximum absolute atomic E-state index is 8.82. The molecule has 82 valence electrons. The van der Waals surface area contributed by atoms with Crippen molar-refractivity contribution in [2.45, 2.75) is 18.9 Å². The van der Waals surface area contributed by atoms with Crippen molar-refractivity contribution in [2.24, 2.45) is 5.73 Å². The molecule has 15 heavy (non-hydrogen) atoms. The van der Waals surface area contributed by atoms with E-state index in [9.17, 15) is 0 Å². The number of hydrogen-bond donors (Lipinski definition) is 2. The van der Waals surface area contributed by atoms with E-state index in [1.807, 2.05) is 12.1 Å². The number of benzene rings is 1. The van der Waals surface area contributed by atoms with Crippen LogP contribution in [0.1, 0.15) is 23.6 Å². The molecule has 2 rings (SSSR count). The molecule has 1 aromatic rings. The Balaban J connectivity index is 2.30. The van der Waals surface area contributed by atoms with Gasteiger partial charge in [-0.05, 0) is 23.6 Å². The van der Waals surface area contributed by atoms with E-state index in [0.717, 1.165) is 23.3 Å². The summed E-state index contributed by atoms with van der Waals surface area (Å²) in [5.74, 6) is 0.789. The second kappa shape index (κ2) is 4.39. The van der Waals surface area contributed by atoms with Gasteiger partial charge in [0.2, 0.25) is 0 Å². The average molecular weight is 228 g/mol. The third-order valence-corrected chi connectivity index (χ3v) is 2.91. The molecular formula is C11H14ClNO2. The van der Waals surface area contributed by atoms with Gasteiger partial charge >= 0.3 is 0 Å². The zero-order chi connectivity index (χ0) is 10.8. The van der Waals surface area contributed by atoms with Gasteiger partial charge in [0.25, 0.3) is 0 Å². The molecule has 3 nitrogen and oxygen atoms in total. The maximum Gasteiger partial charge on any atom is 0.141 e. The van der Waals surface area contributed by atoms with Crippen LogP contribution in [0, 0.1) is 0 Å². The molecule has 0 aromatic heterocycles. The molecule has 0 saturated carbocycles. The number of ether oxygens (including phenoxy) is 1. The summed E-state index contributed by atoms with van der Waals surface area (Å²) in [4.78, 5) is 0. The highest BCUT2D eigenvalue weighted by atomic mass is 35.5. The summed E-state index contributed by atoms with van der Waals surface area (Å²) in [5, 5.41) is 9.44. The van der Waals surface area contributed by atoms with Gasteiger partial charge in [-0.15, -0.1) is 0 Å². The molecule has 0 bridgehead atoms. The summed E-state index contributed by atoms with van der Waals surface area (Å²) in [6, 6.07) is 3.69. The largest absolute Gasteiger partial charge is 0.491 e. The number of halogens is 1. The second-order valence-electron chi connectivity index (χ2n) is 3.71. The first kappa shape index (κ1) is 10.7. The Morgan fingerprint density at radius 1 is 1.53 bits per heavy atom. The monoisotopic (exact) mass is 227 g/mol. The Morgan fingerprint density at radius 3 is 3.07 bits per heavy atom. The van der Waals surface area contributed by atoms with Gasteiger partial charge in [0.05, 0.1) is 11.6 Å². The smallest absolute Gasteiger partial charge is 0.141 e. The number of aliphatic hydroxyl groups is 1. The van der Waals surface area contributed by atoms with E-state index in [2.05, 4.69) is 0 Å². The number of rotatable bonds is 3. The van der Waals surface area contributed by atoms with Gasteiger partial charge in [0.1, 0.15) is 5.75 Å². The Morgan fingerprint density at radius 2 is 2.33 bits per heavy atom. The number of nitrogens with two attached hydrogens (primary N) is 1. The molecule has 3 N–H and O–H groups in total. The van der Waals surface area contributed by atoms with Gasteiger partial charge in [-0.1, -0.05) is 17.7 Å². The Kier molecular flexibility index (Phi) is 3.14. The molecule has 1 aliphatic rings. The lowest BCUT2D eigenvalue weighted by Crippen LogP contribution is -2.12.